The Bertz CT molecular complexity index is 460. The Morgan fingerprint density at radius 3 is 2.65 bits per heavy atom. The highest BCUT2D eigenvalue weighted by Gasteiger charge is 2.26. The molecule has 2 rings (SSSR count). The van der Waals surface area contributed by atoms with Crippen LogP contribution in [0, 0.1) is 6.92 Å². The summed E-state index contributed by atoms with van der Waals surface area (Å²) in [5.74, 6) is 0. The van der Waals surface area contributed by atoms with Crippen LogP contribution in [-0.2, 0) is 4.74 Å². The van der Waals surface area contributed by atoms with Crippen LogP contribution < -0.4 is 0 Å². The van der Waals surface area contributed by atoms with E-state index in [0.717, 1.165) is 11.3 Å². The Morgan fingerprint density at radius 1 is 1.45 bits per heavy atom. The predicted octanol–water partition coefficient (Wildman–Crippen LogP) is 3.42. The standard InChI is InChI=1S/C13H17ClN2O2.C2H6/c1-10-9-15-16-12(10)8-11(14)2-3-13(17)4-6-18-7-5-13;1-2/h2-3,8-9,17H,4-7H2,1H3,(H,15,16);1-2H3/b3-2+,11-8+;. The zero-order chi connectivity index (χ0) is 15.0. The second-order valence-corrected chi connectivity index (χ2v) is 4.98. The van der Waals surface area contributed by atoms with E-state index in [4.69, 9.17) is 16.3 Å². The first-order valence-corrected chi connectivity index (χ1v) is 7.33. The van der Waals surface area contributed by atoms with Crippen LogP contribution >= 0.6 is 11.6 Å². The van der Waals surface area contributed by atoms with Crippen molar-refractivity contribution in [1.29, 1.82) is 0 Å². The van der Waals surface area contributed by atoms with Gasteiger partial charge in [0.15, 0.2) is 0 Å². The number of aromatic amines is 1. The van der Waals surface area contributed by atoms with Gasteiger partial charge >= 0.3 is 0 Å². The molecular formula is C15H23ClN2O2. The summed E-state index contributed by atoms with van der Waals surface area (Å²) in [4.78, 5) is 0. The maximum absolute atomic E-state index is 10.2. The van der Waals surface area contributed by atoms with E-state index in [1.54, 1.807) is 24.4 Å². The minimum Gasteiger partial charge on any atom is -0.386 e. The molecule has 0 amide bonds. The van der Waals surface area contributed by atoms with Gasteiger partial charge in [0.05, 0.1) is 17.5 Å². The van der Waals surface area contributed by atoms with Gasteiger partial charge in [-0.05, 0) is 24.6 Å². The smallest absolute Gasteiger partial charge is 0.0875 e. The Labute approximate surface area is 125 Å². The third kappa shape index (κ3) is 5.12. The predicted molar refractivity (Wildman–Crippen MR) is 82.6 cm³/mol. The highest BCUT2D eigenvalue weighted by molar-refractivity contribution is 6.33. The SMILES string of the molecule is CC.Cc1cn[nH]c1/C=C(Cl)\C=C\C1(O)CCOCC1. The number of nitrogens with one attached hydrogen (secondary N) is 1. The number of H-pyrrole nitrogens is 1. The number of hydrogen-bond acceptors (Lipinski definition) is 3. The molecule has 2 heterocycles. The fourth-order valence-electron chi connectivity index (χ4n) is 1.81. The van der Waals surface area contributed by atoms with Crippen LogP contribution in [0.5, 0.6) is 0 Å². The number of halogens is 1. The van der Waals surface area contributed by atoms with Gasteiger partial charge in [0.1, 0.15) is 0 Å². The van der Waals surface area contributed by atoms with Gasteiger partial charge in [0.2, 0.25) is 0 Å². The van der Waals surface area contributed by atoms with Gasteiger partial charge in [-0.3, -0.25) is 5.10 Å². The quantitative estimate of drug-likeness (QED) is 0.841. The van der Waals surface area contributed by atoms with Gasteiger partial charge in [0.25, 0.3) is 0 Å². The number of allylic oxidation sites excluding steroid dienone is 2. The Morgan fingerprint density at radius 2 is 2.10 bits per heavy atom. The lowest BCUT2D eigenvalue weighted by molar-refractivity contribution is -0.0321. The van der Waals surface area contributed by atoms with Crippen molar-refractivity contribution in [3.05, 3.63) is 34.6 Å². The molecule has 0 aliphatic carbocycles. The summed E-state index contributed by atoms with van der Waals surface area (Å²) in [5.41, 5.74) is 1.12. The summed E-state index contributed by atoms with van der Waals surface area (Å²) in [5, 5.41) is 17.6. The fourth-order valence-corrected chi connectivity index (χ4v) is 1.99. The molecule has 0 spiro atoms. The minimum absolute atomic E-state index is 0.558. The molecule has 20 heavy (non-hydrogen) atoms. The Hall–Kier alpha value is -1.10. The number of hydrogen-bond donors (Lipinski definition) is 2. The topological polar surface area (TPSA) is 58.1 Å². The van der Waals surface area contributed by atoms with Crippen LogP contribution in [0.15, 0.2) is 23.4 Å². The molecule has 5 heteroatoms. The molecule has 1 aromatic heterocycles. The summed E-state index contributed by atoms with van der Waals surface area (Å²) in [6, 6.07) is 0. The molecule has 4 nitrogen and oxygen atoms in total. The zero-order valence-corrected chi connectivity index (χ0v) is 13.1. The third-order valence-electron chi connectivity index (χ3n) is 3.06. The van der Waals surface area contributed by atoms with Gasteiger partial charge in [-0.1, -0.05) is 31.5 Å². The molecule has 0 bridgehead atoms. The van der Waals surface area contributed by atoms with Crippen molar-refractivity contribution in [2.75, 3.05) is 13.2 Å². The third-order valence-corrected chi connectivity index (χ3v) is 3.30. The van der Waals surface area contributed by atoms with Crippen molar-refractivity contribution in [2.24, 2.45) is 0 Å². The number of aryl methyl sites for hydroxylation is 1. The van der Waals surface area contributed by atoms with Crippen molar-refractivity contribution in [3.8, 4) is 0 Å². The summed E-state index contributed by atoms with van der Waals surface area (Å²) in [6.07, 6.45) is 8.23. The first-order valence-electron chi connectivity index (χ1n) is 6.96. The van der Waals surface area contributed by atoms with Gasteiger partial charge in [-0.15, -0.1) is 0 Å². The lowest BCUT2D eigenvalue weighted by Crippen LogP contribution is -2.33. The van der Waals surface area contributed by atoms with Gasteiger partial charge < -0.3 is 9.84 Å². The molecule has 0 atom stereocenters. The number of rotatable bonds is 3. The molecule has 1 saturated heterocycles. The molecule has 1 fully saturated rings. The van der Waals surface area contributed by atoms with Crippen LogP contribution in [0.4, 0.5) is 0 Å². The van der Waals surface area contributed by atoms with Crippen LogP contribution in [0.3, 0.4) is 0 Å². The van der Waals surface area contributed by atoms with Crippen LogP contribution in [0.1, 0.15) is 37.9 Å². The second kappa shape index (κ2) is 8.25. The second-order valence-electron chi connectivity index (χ2n) is 4.55. The first-order chi connectivity index (χ1) is 9.59. The average Bonchev–Trinajstić information content (AvgIpc) is 2.85. The summed E-state index contributed by atoms with van der Waals surface area (Å²) < 4.78 is 5.22. The van der Waals surface area contributed by atoms with Gasteiger partial charge in [-0.2, -0.15) is 5.10 Å². The first kappa shape index (κ1) is 17.0. The highest BCUT2D eigenvalue weighted by Crippen LogP contribution is 2.23. The van der Waals surface area contributed by atoms with E-state index in [-0.39, 0.29) is 0 Å². The molecule has 0 saturated carbocycles. The van der Waals surface area contributed by atoms with E-state index in [9.17, 15) is 5.11 Å². The van der Waals surface area contributed by atoms with E-state index in [1.807, 2.05) is 20.8 Å². The van der Waals surface area contributed by atoms with E-state index in [2.05, 4.69) is 10.2 Å². The summed E-state index contributed by atoms with van der Waals surface area (Å²) in [7, 11) is 0. The minimum atomic E-state index is -0.796. The largest absolute Gasteiger partial charge is 0.386 e. The number of aliphatic hydroxyl groups is 1. The van der Waals surface area contributed by atoms with E-state index < -0.39 is 5.60 Å². The van der Waals surface area contributed by atoms with Crippen molar-refractivity contribution >= 4 is 17.7 Å². The molecular weight excluding hydrogens is 276 g/mol. The highest BCUT2D eigenvalue weighted by atomic mass is 35.5. The van der Waals surface area contributed by atoms with Crippen molar-refractivity contribution in [1.82, 2.24) is 10.2 Å². The monoisotopic (exact) mass is 298 g/mol. The lowest BCUT2D eigenvalue weighted by atomic mass is 9.94. The molecule has 0 unspecified atom stereocenters. The number of nitrogens with zero attached hydrogens (tertiary/aromatic N) is 1. The maximum atomic E-state index is 10.2. The van der Waals surface area contributed by atoms with E-state index in [0.29, 0.717) is 31.1 Å². The normalized spacial score (nSPS) is 18.8. The van der Waals surface area contributed by atoms with Crippen LogP contribution in [0.25, 0.3) is 6.08 Å². The molecule has 0 aromatic carbocycles. The van der Waals surface area contributed by atoms with Gasteiger partial charge in [0, 0.05) is 31.1 Å². The summed E-state index contributed by atoms with van der Waals surface area (Å²) >= 11 is 6.11. The molecule has 0 radical (unpaired) electrons. The molecule has 1 aliphatic heterocycles. The molecule has 112 valence electrons. The lowest BCUT2D eigenvalue weighted by Gasteiger charge is -2.28. The fraction of sp³-hybridized carbons (Fsp3) is 0.533. The van der Waals surface area contributed by atoms with Crippen molar-refractivity contribution in [2.45, 2.75) is 39.2 Å². The van der Waals surface area contributed by atoms with E-state index in [1.165, 1.54) is 0 Å². The van der Waals surface area contributed by atoms with Crippen molar-refractivity contribution in [3.63, 3.8) is 0 Å². The number of aromatic nitrogens is 2. The summed E-state index contributed by atoms with van der Waals surface area (Å²) in [6.45, 7) is 7.12. The Kier molecular flexibility index (Phi) is 6.99. The molecule has 1 aliphatic rings. The average molecular weight is 299 g/mol. The van der Waals surface area contributed by atoms with Crippen molar-refractivity contribution < 1.29 is 9.84 Å². The molecule has 1 aromatic rings. The number of ether oxygens (including phenoxy) is 1. The Balaban J connectivity index is 0.000000956. The van der Waals surface area contributed by atoms with E-state index >= 15 is 0 Å². The van der Waals surface area contributed by atoms with Crippen LogP contribution in [-0.4, -0.2) is 34.1 Å². The van der Waals surface area contributed by atoms with Gasteiger partial charge in [-0.25, -0.2) is 0 Å². The maximum Gasteiger partial charge on any atom is 0.0875 e. The molecule has 2 N–H and O–H groups in total. The zero-order valence-electron chi connectivity index (χ0n) is 12.3. The van der Waals surface area contributed by atoms with Crippen LogP contribution in [0.2, 0.25) is 0 Å².